The van der Waals surface area contributed by atoms with Crippen molar-refractivity contribution in [3.05, 3.63) is 71.2 Å². The lowest BCUT2D eigenvalue weighted by atomic mass is 10.2. The molecule has 1 N–H and O–H groups in total. The maximum absolute atomic E-state index is 12.7. The molecule has 4 rings (SSSR count). The molecule has 0 spiro atoms. The summed E-state index contributed by atoms with van der Waals surface area (Å²) in [5.74, 6) is 1.37. The molecular formula is C23H23N3O3S2. The maximum atomic E-state index is 12.7. The molecular weight excluding hydrogens is 430 g/mol. The number of thioether (sulfide) groups is 1. The van der Waals surface area contributed by atoms with E-state index >= 15 is 0 Å². The molecule has 0 saturated carbocycles. The van der Waals surface area contributed by atoms with Crippen LogP contribution >= 0.6 is 23.1 Å². The van der Waals surface area contributed by atoms with E-state index in [0.717, 1.165) is 21.8 Å². The molecule has 1 saturated heterocycles. The minimum atomic E-state index is -0.495. The number of rotatable bonds is 7. The van der Waals surface area contributed by atoms with Crippen molar-refractivity contribution in [1.82, 2.24) is 15.2 Å². The highest BCUT2D eigenvalue weighted by atomic mass is 32.2. The fourth-order valence-corrected chi connectivity index (χ4v) is 5.24. The Labute approximate surface area is 189 Å². The first kappa shape index (κ1) is 21.4. The summed E-state index contributed by atoms with van der Waals surface area (Å²) in [4.78, 5) is 31.6. The van der Waals surface area contributed by atoms with Crippen LogP contribution in [0.25, 0.3) is 10.6 Å². The van der Waals surface area contributed by atoms with Crippen molar-refractivity contribution in [3.8, 4) is 16.3 Å². The monoisotopic (exact) mass is 453 g/mol. The second kappa shape index (κ2) is 9.98. The number of thiazole rings is 1. The van der Waals surface area contributed by atoms with E-state index in [1.165, 1.54) is 0 Å². The number of hydrogen-bond donors (Lipinski definition) is 1. The van der Waals surface area contributed by atoms with Crippen molar-refractivity contribution in [3.63, 3.8) is 0 Å². The van der Waals surface area contributed by atoms with Crippen LogP contribution in [0, 0.1) is 6.92 Å². The van der Waals surface area contributed by atoms with E-state index in [-0.39, 0.29) is 18.4 Å². The topological polar surface area (TPSA) is 71.5 Å². The highest BCUT2D eigenvalue weighted by Gasteiger charge is 2.34. The number of carbonyl (C=O) groups is 2. The van der Waals surface area contributed by atoms with Crippen LogP contribution in [0.4, 0.5) is 0 Å². The summed E-state index contributed by atoms with van der Waals surface area (Å²) in [5, 5.41) is 5.80. The van der Waals surface area contributed by atoms with Crippen molar-refractivity contribution in [2.24, 2.45) is 0 Å². The number of ether oxygens (including phenoxy) is 1. The molecule has 1 atom stereocenters. The van der Waals surface area contributed by atoms with E-state index in [9.17, 15) is 9.59 Å². The lowest BCUT2D eigenvalue weighted by Crippen LogP contribution is -2.48. The van der Waals surface area contributed by atoms with E-state index in [2.05, 4.69) is 10.3 Å². The van der Waals surface area contributed by atoms with Gasteiger partial charge < -0.3 is 15.0 Å². The van der Waals surface area contributed by atoms with E-state index in [1.54, 1.807) is 28.0 Å². The Balaban J connectivity index is 1.30. The molecule has 1 unspecified atom stereocenters. The molecule has 0 radical (unpaired) electrons. The average molecular weight is 454 g/mol. The third-order valence-corrected chi connectivity index (χ3v) is 6.83. The fraction of sp³-hybridized carbons (Fsp3) is 0.261. The first-order valence-corrected chi connectivity index (χ1v) is 12.0. The molecule has 1 aliphatic heterocycles. The number of hydrogen-bond acceptors (Lipinski definition) is 6. The van der Waals surface area contributed by atoms with Crippen LogP contribution in [0.3, 0.4) is 0 Å². The predicted molar refractivity (Wildman–Crippen MR) is 124 cm³/mol. The first-order valence-electron chi connectivity index (χ1n) is 9.94. The zero-order chi connectivity index (χ0) is 21.6. The van der Waals surface area contributed by atoms with Crippen molar-refractivity contribution >= 4 is 34.9 Å². The van der Waals surface area contributed by atoms with Crippen molar-refractivity contribution < 1.29 is 14.3 Å². The Morgan fingerprint density at radius 2 is 2.03 bits per heavy atom. The summed E-state index contributed by atoms with van der Waals surface area (Å²) < 4.78 is 5.62. The first-order chi connectivity index (χ1) is 15.1. The van der Waals surface area contributed by atoms with Gasteiger partial charge in [0.25, 0.3) is 5.91 Å². The van der Waals surface area contributed by atoms with Gasteiger partial charge in [0.1, 0.15) is 16.8 Å². The smallest absolute Gasteiger partial charge is 0.261 e. The number of carbonyl (C=O) groups excluding carboxylic acids is 2. The van der Waals surface area contributed by atoms with Crippen LogP contribution in [-0.4, -0.2) is 46.0 Å². The average Bonchev–Trinajstić information content (AvgIpc) is 3.46. The zero-order valence-electron chi connectivity index (χ0n) is 17.1. The van der Waals surface area contributed by atoms with Crippen molar-refractivity contribution in [2.45, 2.75) is 19.5 Å². The molecule has 2 amide bonds. The molecule has 0 bridgehead atoms. The Bertz CT molecular complexity index is 1050. The molecule has 160 valence electrons. The molecule has 1 aromatic heterocycles. The Morgan fingerprint density at radius 1 is 1.19 bits per heavy atom. The SMILES string of the molecule is Cc1cccc(OCC(=O)N2CSCC2C(=O)NCc2csc(-c3ccccc3)n2)c1. The minimum Gasteiger partial charge on any atom is -0.484 e. The lowest BCUT2D eigenvalue weighted by Gasteiger charge is -2.23. The molecule has 2 heterocycles. The van der Waals surface area contributed by atoms with Crippen molar-refractivity contribution in [2.75, 3.05) is 18.2 Å². The van der Waals surface area contributed by atoms with Crippen LogP contribution in [0.15, 0.2) is 60.0 Å². The van der Waals surface area contributed by atoms with Gasteiger partial charge in [0.05, 0.1) is 18.1 Å². The molecule has 1 fully saturated rings. The zero-order valence-corrected chi connectivity index (χ0v) is 18.7. The molecule has 2 aromatic carbocycles. The van der Waals surface area contributed by atoms with Crippen LogP contribution in [0.1, 0.15) is 11.3 Å². The van der Waals surface area contributed by atoms with Gasteiger partial charge in [-0.05, 0) is 24.6 Å². The summed E-state index contributed by atoms with van der Waals surface area (Å²) in [6, 6.07) is 17.0. The largest absolute Gasteiger partial charge is 0.484 e. The van der Waals surface area contributed by atoms with Gasteiger partial charge in [0, 0.05) is 16.7 Å². The number of aromatic nitrogens is 1. The minimum absolute atomic E-state index is 0.0830. The van der Waals surface area contributed by atoms with E-state index < -0.39 is 6.04 Å². The number of nitrogens with one attached hydrogen (secondary N) is 1. The molecule has 8 heteroatoms. The van der Waals surface area contributed by atoms with Gasteiger partial charge in [-0.25, -0.2) is 4.98 Å². The third kappa shape index (κ3) is 5.45. The van der Waals surface area contributed by atoms with Gasteiger partial charge in [-0.3, -0.25) is 9.59 Å². The summed E-state index contributed by atoms with van der Waals surface area (Å²) >= 11 is 3.12. The number of amides is 2. The molecule has 31 heavy (non-hydrogen) atoms. The highest BCUT2D eigenvalue weighted by molar-refractivity contribution is 7.99. The highest BCUT2D eigenvalue weighted by Crippen LogP contribution is 2.24. The van der Waals surface area contributed by atoms with Crippen LogP contribution < -0.4 is 10.1 Å². The van der Waals surface area contributed by atoms with E-state index in [0.29, 0.717) is 23.9 Å². The van der Waals surface area contributed by atoms with Gasteiger partial charge in [0.15, 0.2) is 6.61 Å². The number of nitrogens with zero attached hydrogens (tertiary/aromatic N) is 2. The normalized spacial score (nSPS) is 15.6. The quantitative estimate of drug-likeness (QED) is 0.590. The summed E-state index contributed by atoms with van der Waals surface area (Å²) in [6.07, 6.45) is 0. The number of benzene rings is 2. The van der Waals surface area contributed by atoms with Crippen LogP contribution in [0.2, 0.25) is 0 Å². The Morgan fingerprint density at radius 3 is 2.84 bits per heavy atom. The van der Waals surface area contributed by atoms with Gasteiger partial charge >= 0.3 is 0 Å². The van der Waals surface area contributed by atoms with Gasteiger partial charge in [-0.15, -0.1) is 23.1 Å². The summed E-state index contributed by atoms with van der Waals surface area (Å²) in [6.45, 7) is 2.22. The van der Waals surface area contributed by atoms with E-state index in [1.807, 2.05) is 66.9 Å². The van der Waals surface area contributed by atoms with Crippen LogP contribution in [-0.2, 0) is 16.1 Å². The Hall–Kier alpha value is -2.84. The summed E-state index contributed by atoms with van der Waals surface area (Å²) in [7, 11) is 0. The molecule has 1 aliphatic rings. The maximum Gasteiger partial charge on any atom is 0.261 e. The van der Waals surface area contributed by atoms with Gasteiger partial charge in [-0.2, -0.15) is 0 Å². The lowest BCUT2D eigenvalue weighted by molar-refractivity contribution is -0.139. The van der Waals surface area contributed by atoms with E-state index in [4.69, 9.17) is 4.74 Å². The second-order valence-corrected chi connectivity index (χ2v) is 9.07. The van der Waals surface area contributed by atoms with Crippen LogP contribution in [0.5, 0.6) is 5.75 Å². The molecule has 6 nitrogen and oxygen atoms in total. The molecule has 3 aromatic rings. The fourth-order valence-electron chi connectivity index (χ4n) is 3.24. The molecule has 0 aliphatic carbocycles. The third-order valence-electron chi connectivity index (χ3n) is 4.87. The van der Waals surface area contributed by atoms with Gasteiger partial charge in [0.2, 0.25) is 5.91 Å². The predicted octanol–water partition coefficient (Wildman–Crippen LogP) is 3.72. The number of aryl methyl sites for hydroxylation is 1. The second-order valence-electron chi connectivity index (χ2n) is 7.21. The Kier molecular flexibility index (Phi) is 6.89. The van der Waals surface area contributed by atoms with Gasteiger partial charge in [-0.1, -0.05) is 42.5 Å². The standard InChI is InChI=1S/C23H23N3O3S2/c1-16-6-5-9-19(10-16)29-12-21(27)26-15-30-14-20(26)22(28)24-11-18-13-31-23(25-18)17-7-3-2-4-8-17/h2-10,13,20H,11-12,14-15H2,1H3,(H,24,28). The summed E-state index contributed by atoms with van der Waals surface area (Å²) in [5.41, 5.74) is 2.93. The van der Waals surface area contributed by atoms with Crippen molar-refractivity contribution in [1.29, 1.82) is 0 Å².